The Bertz CT molecular complexity index is 1410. The molecule has 1 heterocycles. The number of methoxy groups -OCH3 is 1. The van der Waals surface area contributed by atoms with E-state index in [-0.39, 0.29) is 5.57 Å². The second-order valence-electron chi connectivity index (χ2n) is 7.74. The van der Waals surface area contributed by atoms with E-state index in [2.05, 4.69) is 10.3 Å². The molecular formula is C28H22ClN3O3S. The molecule has 4 aromatic rings. The lowest BCUT2D eigenvalue weighted by molar-refractivity contribution is -0.112. The van der Waals surface area contributed by atoms with Crippen molar-refractivity contribution >= 4 is 40.1 Å². The quantitative estimate of drug-likeness (QED) is 0.202. The number of halogens is 1. The summed E-state index contributed by atoms with van der Waals surface area (Å²) >= 11 is 7.29. The van der Waals surface area contributed by atoms with Crippen molar-refractivity contribution in [1.82, 2.24) is 4.98 Å². The van der Waals surface area contributed by atoms with Crippen molar-refractivity contribution in [2.24, 2.45) is 0 Å². The Labute approximate surface area is 218 Å². The van der Waals surface area contributed by atoms with Gasteiger partial charge in [0, 0.05) is 22.5 Å². The molecule has 1 aromatic heterocycles. The van der Waals surface area contributed by atoms with Crippen LogP contribution >= 0.6 is 22.9 Å². The SMILES string of the molecule is COc1cc(/C=C(\C#N)C(=O)Nc2ncc(Cc3ccc(Cl)cc3)s2)ccc1OCc1ccccc1. The highest BCUT2D eigenvalue weighted by Gasteiger charge is 2.13. The smallest absolute Gasteiger partial charge is 0.268 e. The van der Waals surface area contributed by atoms with Gasteiger partial charge >= 0.3 is 0 Å². The van der Waals surface area contributed by atoms with Crippen LogP contribution in [0.4, 0.5) is 5.13 Å². The molecule has 4 rings (SSSR count). The van der Waals surface area contributed by atoms with Gasteiger partial charge in [-0.1, -0.05) is 60.1 Å². The highest BCUT2D eigenvalue weighted by molar-refractivity contribution is 7.15. The van der Waals surface area contributed by atoms with Gasteiger partial charge in [0.1, 0.15) is 18.2 Å². The van der Waals surface area contributed by atoms with Gasteiger partial charge in [-0.3, -0.25) is 10.1 Å². The first-order valence-electron chi connectivity index (χ1n) is 11.0. The summed E-state index contributed by atoms with van der Waals surface area (Å²) in [5.41, 5.74) is 2.70. The Morgan fingerprint density at radius 3 is 2.58 bits per heavy atom. The normalized spacial score (nSPS) is 11.0. The first-order chi connectivity index (χ1) is 17.5. The maximum Gasteiger partial charge on any atom is 0.268 e. The average molecular weight is 516 g/mol. The molecule has 0 unspecified atom stereocenters. The zero-order chi connectivity index (χ0) is 25.3. The molecule has 0 radical (unpaired) electrons. The molecule has 180 valence electrons. The predicted octanol–water partition coefficient (Wildman–Crippen LogP) is 6.52. The first-order valence-corrected chi connectivity index (χ1v) is 12.2. The number of benzene rings is 3. The predicted molar refractivity (Wildman–Crippen MR) is 142 cm³/mol. The van der Waals surface area contributed by atoms with Gasteiger partial charge in [0.15, 0.2) is 16.6 Å². The summed E-state index contributed by atoms with van der Waals surface area (Å²) in [5, 5.41) is 13.4. The lowest BCUT2D eigenvalue weighted by Crippen LogP contribution is -2.13. The summed E-state index contributed by atoms with van der Waals surface area (Å²) in [6.45, 7) is 0.395. The summed E-state index contributed by atoms with van der Waals surface area (Å²) in [4.78, 5) is 18.0. The highest BCUT2D eigenvalue weighted by Crippen LogP contribution is 2.30. The fraction of sp³-hybridized carbons (Fsp3) is 0.107. The van der Waals surface area contributed by atoms with Crippen LogP contribution in [0.25, 0.3) is 6.08 Å². The molecule has 0 aliphatic heterocycles. The standard InChI is InChI=1S/C28H22ClN3O3S/c1-34-26-15-21(9-12-25(26)35-18-20-5-3-2-4-6-20)13-22(16-30)27(33)32-28-31-17-24(36-28)14-19-7-10-23(29)11-8-19/h2-13,15,17H,14,18H2,1H3,(H,31,32,33)/b22-13+. The molecule has 0 saturated heterocycles. The Morgan fingerprint density at radius 2 is 1.86 bits per heavy atom. The molecule has 1 N–H and O–H groups in total. The van der Waals surface area contributed by atoms with Crippen LogP contribution in [0.5, 0.6) is 11.5 Å². The van der Waals surface area contributed by atoms with Crippen molar-refractivity contribution in [1.29, 1.82) is 5.26 Å². The largest absolute Gasteiger partial charge is 0.493 e. The second-order valence-corrected chi connectivity index (χ2v) is 9.30. The van der Waals surface area contributed by atoms with Crippen LogP contribution in [0.15, 0.2) is 84.6 Å². The van der Waals surface area contributed by atoms with Crippen molar-refractivity contribution < 1.29 is 14.3 Å². The van der Waals surface area contributed by atoms with Crippen LogP contribution in [0.2, 0.25) is 5.02 Å². The van der Waals surface area contributed by atoms with Crippen molar-refractivity contribution in [2.75, 3.05) is 12.4 Å². The summed E-state index contributed by atoms with van der Waals surface area (Å²) in [6, 6.07) is 24.6. The van der Waals surface area contributed by atoms with Gasteiger partial charge in [0.2, 0.25) is 0 Å². The Balaban J connectivity index is 1.42. The second kappa shape index (κ2) is 12.0. The van der Waals surface area contributed by atoms with Gasteiger partial charge in [-0.15, -0.1) is 11.3 Å². The number of nitrogens with zero attached hydrogens (tertiary/aromatic N) is 2. The fourth-order valence-corrected chi connectivity index (χ4v) is 4.33. The fourth-order valence-electron chi connectivity index (χ4n) is 3.36. The number of rotatable bonds is 9. The first kappa shape index (κ1) is 25.0. The molecule has 0 spiro atoms. The maximum atomic E-state index is 12.7. The van der Waals surface area contributed by atoms with Crippen LogP contribution in [0.1, 0.15) is 21.6 Å². The number of hydrogen-bond donors (Lipinski definition) is 1. The van der Waals surface area contributed by atoms with Gasteiger partial charge in [-0.2, -0.15) is 5.26 Å². The van der Waals surface area contributed by atoms with Crippen LogP contribution in [-0.4, -0.2) is 18.0 Å². The monoisotopic (exact) mass is 515 g/mol. The number of ether oxygens (including phenoxy) is 2. The Morgan fingerprint density at radius 1 is 1.08 bits per heavy atom. The van der Waals surface area contributed by atoms with E-state index in [4.69, 9.17) is 21.1 Å². The molecule has 0 aliphatic rings. The molecule has 6 nitrogen and oxygen atoms in total. The van der Waals surface area contributed by atoms with Crippen LogP contribution in [0.3, 0.4) is 0 Å². The van der Waals surface area contributed by atoms with Gasteiger partial charge in [-0.05, 0) is 47.0 Å². The minimum absolute atomic E-state index is 0.0514. The molecule has 1 amide bonds. The van der Waals surface area contributed by atoms with Gasteiger partial charge in [-0.25, -0.2) is 4.98 Å². The minimum Gasteiger partial charge on any atom is -0.493 e. The average Bonchev–Trinajstić information content (AvgIpc) is 3.34. The molecule has 0 bridgehead atoms. The van der Waals surface area contributed by atoms with Crippen LogP contribution < -0.4 is 14.8 Å². The molecule has 0 fully saturated rings. The van der Waals surface area contributed by atoms with Crippen molar-refractivity contribution in [3.63, 3.8) is 0 Å². The van der Waals surface area contributed by atoms with E-state index in [9.17, 15) is 10.1 Å². The summed E-state index contributed by atoms with van der Waals surface area (Å²) in [5.74, 6) is 0.537. The van der Waals surface area contributed by atoms with E-state index in [1.54, 1.807) is 31.5 Å². The molecule has 3 aromatic carbocycles. The number of hydrogen-bond acceptors (Lipinski definition) is 6. The summed E-state index contributed by atoms with van der Waals surface area (Å²) in [6.07, 6.45) is 3.88. The number of amides is 1. The zero-order valence-corrected chi connectivity index (χ0v) is 21.0. The molecule has 36 heavy (non-hydrogen) atoms. The van der Waals surface area contributed by atoms with Gasteiger partial charge in [0.05, 0.1) is 7.11 Å². The molecule has 8 heteroatoms. The molecule has 0 aliphatic carbocycles. The summed E-state index contributed by atoms with van der Waals surface area (Å²) < 4.78 is 11.3. The number of thiazole rings is 1. The van der Waals surface area contributed by atoms with Crippen LogP contribution in [0, 0.1) is 11.3 Å². The molecule has 0 saturated carbocycles. The van der Waals surface area contributed by atoms with Gasteiger partial charge in [0.25, 0.3) is 5.91 Å². The Hall–Kier alpha value is -4.12. The van der Waals surface area contributed by atoms with E-state index < -0.39 is 5.91 Å². The number of anilines is 1. The number of aromatic nitrogens is 1. The Kier molecular flexibility index (Phi) is 8.35. The van der Waals surface area contributed by atoms with E-state index in [0.29, 0.717) is 40.2 Å². The van der Waals surface area contributed by atoms with Crippen LogP contribution in [-0.2, 0) is 17.8 Å². The third-order valence-corrected chi connectivity index (χ3v) is 6.33. The third kappa shape index (κ3) is 6.72. The van der Waals surface area contributed by atoms with E-state index in [1.807, 2.05) is 60.7 Å². The molecular weight excluding hydrogens is 494 g/mol. The van der Waals surface area contributed by atoms with E-state index >= 15 is 0 Å². The number of nitriles is 1. The van der Waals surface area contributed by atoms with E-state index in [0.717, 1.165) is 16.0 Å². The van der Waals surface area contributed by atoms with Crippen molar-refractivity contribution in [2.45, 2.75) is 13.0 Å². The highest BCUT2D eigenvalue weighted by atomic mass is 35.5. The number of carbonyl (C=O) groups is 1. The number of nitrogens with one attached hydrogen (secondary N) is 1. The molecule has 0 atom stereocenters. The van der Waals surface area contributed by atoms with Gasteiger partial charge < -0.3 is 9.47 Å². The lowest BCUT2D eigenvalue weighted by atomic mass is 10.1. The zero-order valence-electron chi connectivity index (χ0n) is 19.4. The topological polar surface area (TPSA) is 84.2 Å². The maximum absolute atomic E-state index is 12.7. The summed E-state index contributed by atoms with van der Waals surface area (Å²) in [7, 11) is 1.54. The minimum atomic E-state index is -0.534. The third-order valence-electron chi connectivity index (χ3n) is 5.17. The van der Waals surface area contributed by atoms with Crippen molar-refractivity contribution in [3.8, 4) is 17.6 Å². The number of carbonyl (C=O) groups excluding carboxylic acids is 1. The van der Waals surface area contributed by atoms with E-state index in [1.165, 1.54) is 17.4 Å². The van der Waals surface area contributed by atoms with Crippen molar-refractivity contribution in [3.05, 3.63) is 111 Å². The lowest BCUT2D eigenvalue weighted by Gasteiger charge is -2.11.